The first-order valence-corrected chi connectivity index (χ1v) is 8.62. The number of guanidine groups is 1. The van der Waals surface area contributed by atoms with Crippen LogP contribution < -0.4 is 5.32 Å². The van der Waals surface area contributed by atoms with Crippen LogP contribution in [0.15, 0.2) is 47.7 Å². The summed E-state index contributed by atoms with van der Waals surface area (Å²) in [4.78, 5) is 6.78. The minimum atomic E-state index is 0.383. The second-order valence-electron chi connectivity index (χ2n) is 7.19. The van der Waals surface area contributed by atoms with Gasteiger partial charge in [-0.15, -0.1) is 0 Å². The highest BCUT2D eigenvalue weighted by molar-refractivity contribution is 5.80. The molecule has 1 N–H and O–H groups in total. The molecule has 0 amide bonds. The third-order valence-electron chi connectivity index (χ3n) is 4.54. The van der Waals surface area contributed by atoms with E-state index in [1.807, 2.05) is 36.1 Å². The Bertz CT molecular complexity index is 687. The minimum absolute atomic E-state index is 0.383. The van der Waals surface area contributed by atoms with E-state index in [2.05, 4.69) is 52.5 Å². The Hall–Kier alpha value is -2.30. The molecule has 0 radical (unpaired) electrons. The van der Waals surface area contributed by atoms with Crippen LogP contribution in [0.25, 0.3) is 5.69 Å². The molecule has 24 heavy (non-hydrogen) atoms. The average Bonchev–Trinajstić information content (AvgIpc) is 3.19. The van der Waals surface area contributed by atoms with Gasteiger partial charge in [0, 0.05) is 32.9 Å². The van der Waals surface area contributed by atoms with E-state index in [-0.39, 0.29) is 0 Å². The lowest BCUT2D eigenvalue weighted by Crippen LogP contribution is -2.41. The zero-order valence-electron chi connectivity index (χ0n) is 14.9. The fraction of sp³-hybridized carbons (Fsp3) is 0.474. The highest BCUT2D eigenvalue weighted by Gasteiger charge is 2.30. The molecule has 0 atom stereocenters. The van der Waals surface area contributed by atoms with Crippen LogP contribution in [-0.2, 0) is 6.42 Å². The standard InChI is InChI=1S/C19H27N5/c1-19(2)10-12-23(15-19)18(20-3)21-11-9-16-13-22-24(14-16)17-7-5-4-6-8-17/h4-8,13-14H,9-12,15H2,1-3H3,(H,20,21). The molecule has 1 fully saturated rings. The lowest BCUT2D eigenvalue weighted by molar-refractivity contribution is 0.370. The van der Waals surface area contributed by atoms with Crippen LogP contribution in [0.2, 0.25) is 0 Å². The zero-order valence-corrected chi connectivity index (χ0v) is 14.9. The number of nitrogens with one attached hydrogen (secondary N) is 1. The molecule has 1 aliphatic heterocycles. The first kappa shape index (κ1) is 16.6. The van der Waals surface area contributed by atoms with Crippen molar-refractivity contribution in [3.63, 3.8) is 0 Å². The largest absolute Gasteiger partial charge is 0.356 e. The zero-order chi connectivity index (χ0) is 17.0. The Morgan fingerprint density at radius 1 is 1.29 bits per heavy atom. The predicted molar refractivity (Wildman–Crippen MR) is 98.6 cm³/mol. The molecule has 1 aromatic heterocycles. The van der Waals surface area contributed by atoms with Crippen molar-refractivity contribution in [3.8, 4) is 5.69 Å². The molecule has 0 spiro atoms. The van der Waals surface area contributed by atoms with Gasteiger partial charge in [0.15, 0.2) is 5.96 Å². The Labute approximate surface area is 144 Å². The van der Waals surface area contributed by atoms with Crippen LogP contribution in [0.5, 0.6) is 0 Å². The molecule has 1 aromatic carbocycles. The first-order chi connectivity index (χ1) is 11.6. The number of likely N-dealkylation sites (tertiary alicyclic amines) is 1. The van der Waals surface area contributed by atoms with Gasteiger partial charge in [-0.2, -0.15) is 5.10 Å². The highest BCUT2D eigenvalue weighted by atomic mass is 15.3. The maximum absolute atomic E-state index is 4.45. The molecule has 0 unspecified atom stereocenters. The molecule has 5 heteroatoms. The quantitative estimate of drug-likeness (QED) is 0.694. The number of para-hydroxylation sites is 1. The summed E-state index contributed by atoms with van der Waals surface area (Å²) in [7, 11) is 1.86. The minimum Gasteiger partial charge on any atom is -0.356 e. The van der Waals surface area contributed by atoms with Gasteiger partial charge in [0.2, 0.25) is 0 Å². The van der Waals surface area contributed by atoms with Gasteiger partial charge in [-0.05, 0) is 36.0 Å². The summed E-state index contributed by atoms with van der Waals surface area (Å²) >= 11 is 0. The molecular weight excluding hydrogens is 298 g/mol. The Balaban J connectivity index is 1.52. The third kappa shape index (κ3) is 3.96. The molecule has 0 saturated carbocycles. The fourth-order valence-electron chi connectivity index (χ4n) is 3.16. The molecular formula is C19H27N5. The number of aliphatic imine (C=N–C) groups is 1. The molecule has 2 heterocycles. The first-order valence-electron chi connectivity index (χ1n) is 8.62. The van der Waals surface area contributed by atoms with Crippen molar-refractivity contribution in [2.75, 3.05) is 26.7 Å². The smallest absolute Gasteiger partial charge is 0.193 e. The molecule has 5 nitrogen and oxygen atoms in total. The summed E-state index contributed by atoms with van der Waals surface area (Å²) in [5, 5.41) is 7.93. The van der Waals surface area contributed by atoms with E-state index in [0.717, 1.165) is 37.7 Å². The SMILES string of the molecule is CN=C(NCCc1cnn(-c2ccccc2)c1)N1CCC(C)(C)C1. The van der Waals surface area contributed by atoms with Gasteiger partial charge in [-0.1, -0.05) is 32.0 Å². The Morgan fingerprint density at radius 3 is 2.75 bits per heavy atom. The van der Waals surface area contributed by atoms with Crippen molar-refractivity contribution < 1.29 is 0 Å². The van der Waals surface area contributed by atoms with E-state index in [0.29, 0.717) is 5.41 Å². The van der Waals surface area contributed by atoms with Crippen LogP contribution in [0.1, 0.15) is 25.8 Å². The van der Waals surface area contributed by atoms with Crippen LogP contribution in [-0.4, -0.2) is 47.3 Å². The molecule has 3 rings (SSSR count). The van der Waals surface area contributed by atoms with Crippen LogP contribution in [0.4, 0.5) is 0 Å². The number of aromatic nitrogens is 2. The van der Waals surface area contributed by atoms with Crippen molar-refractivity contribution in [1.82, 2.24) is 20.0 Å². The van der Waals surface area contributed by atoms with Crippen LogP contribution in [0, 0.1) is 5.41 Å². The summed E-state index contributed by atoms with van der Waals surface area (Å²) < 4.78 is 1.92. The number of nitrogens with zero attached hydrogens (tertiary/aromatic N) is 4. The van der Waals surface area contributed by atoms with E-state index >= 15 is 0 Å². The van der Waals surface area contributed by atoms with Crippen molar-refractivity contribution >= 4 is 5.96 Å². The van der Waals surface area contributed by atoms with Crippen LogP contribution >= 0.6 is 0 Å². The lowest BCUT2D eigenvalue weighted by Gasteiger charge is -2.23. The number of benzene rings is 1. The molecule has 1 aliphatic rings. The molecule has 128 valence electrons. The monoisotopic (exact) mass is 325 g/mol. The highest BCUT2D eigenvalue weighted by Crippen LogP contribution is 2.28. The van der Waals surface area contributed by atoms with E-state index in [1.165, 1.54) is 12.0 Å². The van der Waals surface area contributed by atoms with Crippen molar-refractivity contribution in [3.05, 3.63) is 48.3 Å². The maximum Gasteiger partial charge on any atom is 0.193 e. The molecule has 0 bridgehead atoms. The number of hydrogen-bond donors (Lipinski definition) is 1. The van der Waals surface area contributed by atoms with Crippen molar-refractivity contribution in [2.24, 2.45) is 10.4 Å². The summed E-state index contributed by atoms with van der Waals surface area (Å²) in [6, 6.07) is 10.2. The average molecular weight is 325 g/mol. The van der Waals surface area contributed by atoms with Gasteiger partial charge in [-0.25, -0.2) is 4.68 Å². The summed E-state index contributed by atoms with van der Waals surface area (Å²) in [5.74, 6) is 1.01. The molecule has 0 aliphatic carbocycles. The van der Waals surface area contributed by atoms with Crippen molar-refractivity contribution in [1.29, 1.82) is 0 Å². The summed E-state index contributed by atoms with van der Waals surface area (Å²) in [6.07, 6.45) is 6.19. The lowest BCUT2D eigenvalue weighted by atomic mass is 9.93. The van der Waals surface area contributed by atoms with E-state index < -0.39 is 0 Å². The maximum atomic E-state index is 4.45. The molecule has 2 aromatic rings. The Morgan fingerprint density at radius 2 is 2.08 bits per heavy atom. The second-order valence-corrected chi connectivity index (χ2v) is 7.19. The van der Waals surface area contributed by atoms with Gasteiger partial charge < -0.3 is 10.2 Å². The van der Waals surface area contributed by atoms with Gasteiger partial charge in [0.1, 0.15) is 0 Å². The van der Waals surface area contributed by atoms with E-state index in [9.17, 15) is 0 Å². The summed E-state index contributed by atoms with van der Waals surface area (Å²) in [6.45, 7) is 7.65. The topological polar surface area (TPSA) is 45.5 Å². The predicted octanol–water partition coefficient (Wildman–Crippen LogP) is 2.72. The number of hydrogen-bond acceptors (Lipinski definition) is 2. The van der Waals surface area contributed by atoms with Crippen LogP contribution in [0.3, 0.4) is 0 Å². The van der Waals surface area contributed by atoms with E-state index in [1.54, 1.807) is 0 Å². The van der Waals surface area contributed by atoms with Gasteiger partial charge in [0.05, 0.1) is 11.9 Å². The van der Waals surface area contributed by atoms with E-state index in [4.69, 9.17) is 0 Å². The molecule has 1 saturated heterocycles. The third-order valence-corrected chi connectivity index (χ3v) is 4.54. The van der Waals surface area contributed by atoms with Gasteiger partial charge in [0.25, 0.3) is 0 Å². The fourth-order valence-corrected chi connectivity index (χ4v) is 3.16. The normalized spacial score (nSPS) is 17.3. The second kappa shape index (κ2) is 7.07. The van der Waals surface area contributed by atoms with Gasteiger partial charge in [-0.3, -0.25) is 4.99 Å². The van der Waals surface area contributed by atoms with Gasteiger partial charge >= 0.3 is 0 Å². The Kier molecular flexibility index (Phi) is 4.88. The van der Waals surface area contributed by atoms with Crippen molar-refractivity contribution in [2.45, 2.75) is 26.7 Å². The number of rotatable bonds is 4. The summed E-state index contributed by atoms with van der Waals surface area (Å²) in [5.41, 5.74) is 2.70.